The van der Waals surface area contributed by atoms with Crippen LogP contribution < -0.4 is 5.32 Å². The Kier molecular flexibility index (Phi) is 3.20. The third-order valence-electron chi connectivity index (χ3n) is 2.63. The Morgan fingerprint density at radius 1 is 1.39 bits per heavy atom. The van der Waals surface area contributed by atoms with E-state index in [-0.39, 0.29) is 16.7 Å². The van der Waals surface area contributed by atoms with Crippen molar-refractivity contribution in [2.45, 2.75) is 19.1 Å². The molecule has 0 saturated heterocycles. The molecular weight excluding hydrogens is 269 g/mol. The van der Waals surface area contributed by atoms with Crippen LogP contribution in [0.2, 0.25) is 5.02 Å². The summed E-state index contributed by atoms with van der Waals surface area (Å²) in [6.07, 6.45) is -3.51. The first-order valence-corrected chi connectivity index (χ1v) is 5.51. The van der Waals surface area contributed by atoms with Gasteiger partial charge in [-0.15, -0.1) is 10.2 Å². The van der Waals surface area contributed by atoms with Crippen LogP contribution in [0.15, 0.2) is 12.3 Å². The molecule has 0 bridgehead atoms. The Morgan fingerprint density at radius 3 is 2.61 bits per heavy atom. The summed E-state index contributed by atoms with van der Waals surface area (Å²) in [6, 6.07) is 0.610. The Hall–Kier alpha value is -1.34. The van der Waals surface area contributed by atoms with Crippen LogP contribution in [-0.2, 0) is 6.18 Å². The fourth-order valence-electron chi connectivity index (χ4n) is 1.55. The molecule has 98 valence electrons. The van der Waals surface area contributed by atoms with Gasteiger partial charge in [0.05, 0.1) is 16.6 Å². The van der Waals surface area contributed by atoms with Crippen molar-refractivity contribution in [3.63, 3.8) is 0 Å². The first-order valence-electron chi connectivity index (χ1n) is 5.13. The third-order valence-corrected chi connectivity index (χ3v) is 2.91. The highest BCUT2D eigenvalue weighted by molar-refractivity contribution is 6.33. The van der Waals surface area contributed by atoms with Gasteiger partial charge in [0.15, 0.2) is 11.5 Å². The van der Waals surface area contributed by atoms with Crippen LogP contribution in [-0.4, -0.2) is 21.6 Å². The van der Waals surface area contributed by atoms with Gasteiger partial charge in [0.2, 0.25) is 0 Å². The van der Waals surface area contributed by atoms with Crippen molar-refractivity contribution in [2.24, 2.45) is 0 Å². The van der Waals surface area contributed by atoms with Crippen LogP contribution in [0.5, 0.6) is 0 Å². The highest BCUT2D eigenvalue weighted by Gasteiger charge is 2.32. The lowest BCUT2D eigenvalue weighted by Gasteiger charge is -2.11. The van der Waals surface area contributed by atoms with Crippen LogP contribution in [0.25, 0.3) is 5.65 Å². The second kappa shape index (κ2) is 4.40. The lowest BCUT2D eigenvalue weighted by molar-refractivity contribution is -0.137. The lowest BCUT2D eigenvalue weighted by atomic mass is 10.2. The number of nitrogens with one attached hydrogen (secondary N) is 1. The van der Waals surface area contributed by atoms with Gasteiger partial charge in [-0.25, -0.2) is 0 Å². The standard InChI is InChI=1S/C10H10ClF3N4/c1-5(15-2)8-16-17-9-7(11)3-6(4-18(8)9)10(12,13)14/h3-5,15H,1-2H3. The van der Waals surface area contributed by atoms with Crippen molar-refractivity contribution in [3.05, 3.63) is 28.7 Å². The van der Waals surface area contributed by atoms with E-state index in [1.165, 1.54) is 4.40 Å². The van der Waals surface area contributed by atoms with E-state index in [4.69, 9.17) is 11.6 Å². The zero-order chi connectivity index (χ0) is 13.5. The molecule has 0 aliphatic carbocycles. The molecule has 2 heterocycles. The highest BCUT2D eigenvalue weighted by atomic mass is 35.5. The monoisotopic (exact) mass is 278 g/mol. The van der Waals surface area contributed by atoms with Crippen molar-refractivity contribution in [1.29, 1.82) is 0 Å². The predicted octanol–water partition coefficient (Wildman–Crippen LogP) is 2.68. The zero-order valence-electron chi connectivity index (χ0n) is 9.59. The number of fused-ring (bicyclic) bond motifs is 1. The van der Waals surface area contributed by atoms with Gasteiger partial charge in [0.1, 0.15) is 0 Å². The molecule has 2 aromatic rings. The van der Waals surface area contributed by atoms with Gasteiger partial charge in [-0.3, -0.25) is 4.40 Å². The van der Waals surface area contributed by atoms with E-state index in [9.17, 15) is 13.2 Å². The average molecular weight is 279 g/mol. The Morgan fingerprint density at radius 2 is 2.06 bits per heavy atom. The predicted molar refractivity (Wildman–Crippen MR) is 60.5 cm³/mol. The van der Waals surface area contributed by atoms with Crippen LogP contribution in [0.1, 0.15) is 24.4 Å². The Balaban J connectivity index is 2.68. The minimum Gasteiger partial charge on any atom is -0.311 e. The Labute approximate surface area is 106 Å². The summed E-state index contributed by atoms with van der Waals surface area (Å²) >= 11 is 5.79. The minimum absolute atomic E-state index is 0.0770. The number of aromatic nitrogens is 3. The molecule has 4 nitrogen and oxygen atoms in total. The van der Waals surface area contributed by atoms with Crippen molar-refractivity contribution < 1.29 is 13.2 Å². The number of pyridine rings is 1. The molecule has 2 aromatic heterocycles. The first-order chi connectivity index (χ1) is 8.34. The van der Waals surface area contributed by atoms with Crippen LogP contribution in [0.3, 0.4) is 0 Å². The van der Waals surface area contributed by atoms with Gasteiger partial charge in [-0.1, -0.05) is 11.6 Å². The molecule has 18 heavy (non-hydrogen) atoms. The van der Waals surface area contributed by atoms with Gasteiger partial charge in [0.25, 0.3) is 0 Å². The minimum atomic E-state index is -4.46. The van der Waals surface area contributed by atoms with Gasteiger partial charge in [-0.2, -0.15) is 13.2 Å². The van der Waals surface area contributed by atoms with E-state index in [0.717, 1.165) is 12.3 Å². The van der Waals surface area contributed by atoms with E-state index in [1.807, 2.05) is 0 Å². The molecule has 0 amide bonds. The van der Waals surface area contributed by atoms with Crippen LogP contribution in [0.4, 0.5) is 13.2 Å². The molecule has 0 aromatic carbocycles. The molecule has 0 fully saturated rings. The molecule has 1 unspecified atom stereocenters. The van der Waals surface area contributed by atoms with Crippen molar-refractivity contribution in [2.75, 3.05) is 7.05 Å². The number of rotatable bonds is 2. The molecule has 0 aliphatic heterocycles. The molecule has 0 spiro atoms. The summed E-state index contributed by atoms with van der Waals surface area (Å²) in [5.41, 5.74) is -0.619. The third kappa shape index (κ3) is 2.15. The molecule has 2 rings (SSSR count). The van der Waals surface area contributed by atoms with Crippen molar-refractivity contribution >= 4 is 17.2 Å². The average Bonchev–Trinajstić information content (AvgIpc) is 2.71. The maximum atomic E-state index is 12.7. The van der Waals surface area contributed by atoms with Crippen LogP contribution in [0, 0.1) is 0 Å². The van der Waals surface area contributed by atoms with Crippen LogP contribution >= 0.6 is 11.6 Å². The molecule has 1 atom stereocenters. The van der Waals surface area contributed by atoms with Gasteiger partial charge < -0.3 is 5.32 Å². The lowest BCUT2D eigenvalue weighted by Crippen LogP contribution is -2.16. The number of hydrogen-bond acceptors (Lipinski definition) is 3. The maximum absolute atomic E-state index is 12.7. The van der Waals surface area contributed by atoms with Crippen molar-refractivity contribution in [1.82, 2.24) is 19.9 Å². The molecule has 0 saturated carbocycles. The molecule has 1 N–H and O–H groups in total. The smallest absolute Gasteiger partial charge is 0.311 e. The summed E-state index contributed by atoms with van der Waals surface area (Å²) in [5.74, 6) is 0.375. The first kappa shape index (κ1) is 13.1. The molecular formula is C10H10ClF3N4. The quantitative estimate of drug-likeness (QED) is 0.918. The molecule has 8 heteroatoms. The van der Waals surface area contributed by atoms with Gasteiger partial charge in [-0.05, 0) is 20.0 Å². The van der Waals surface area contributed by atoms with Gasteiger partial charge >= 0.3 is 6.18 Å². The summed E-state index contributed by atoms with van der Waals surface area (Å²) in [6.45, 7) is 1.77. The molecule has 0 aliphatic rings. The number of halogens is 4. The SMILES string of the molecule is CNC(C)c1nnc2c(Cl)cc(C(F)(F)F)cn12. The number of nitrogens with zero attached hydrogens (tertiary/aromatic N) is 3. The summed E-state index contributed by atoms with van der Waals surface area (Å²) in [7, 11) is 1.68. The maximum Gasteiger partial charge on any atom is 0.417 e. The number of alkyl halides is 3. The highest BCUT2D eigenvalue weighted by Crippen LogP contribution is 2.32. The Bertz CT molecular complexity index is 578. The fraction of sp³-hybridized carbons (Fsp3) is 0.400. The van der Waals surface area contributed by atoms with E-state index in [0.29, 0.717) is 5.82 Å². The molecule has 0 radical (unpaired) electrons. The summed E-state index contributed by atoms with van der Waals surface area (Å²) in [4.78, 5) is 0. The van der Waals surface area contributed by atoms with E-state index >= 15 is 0 Å². The second-order valence-corrected chi connectivity index (χ2v) is 4.24. The fourth-order valence-corrected chi connectivity index (χ4v) is 1.80. The van der Waals surface area contributed by atoms with Gasteiger partial charge in [0, 0.05) is 6.20 Å². The zero-order valence-corrected chi connectivity index (χ0v) is 10.3. The largest absolute Gasteiger partial charge is 0.417 e. The van der Waals surface area contributed by atoms with Crippen molar-refractivity contribution in [3.8, 4) is 0 Å². The summed E-state index contributed by atoms with van der Waals surface area (Å²) in [5, 5.41) is 10.4. The normalized spacial score (nSPS) is 14.1. The number of hydrogen-bond donors (Lipinski definition) is 1. The van der Waals surface area contributed by atoms with E-state index < -0.39 is 11.7 Å². The van der Waals surface area contributed by atoms with E-state index in [2.05, 4.69) is 15.5 Å². The van der Waals surface area contributed by atoms with E-state index in [1.54, 1.807) is 14.0 Å². The second-order valence-electron chi connectivity index (χ2n) is 3.84. The summed E-state index contributed by atoms with van der Waals surface area (Å²) < 4.78 is 39.3. The topological polar surface area (TPSA) is 42.2 Å².